The van der Waals surface area contributed by atoms with Crippen molar-refractivity contribution in [3.8, 4) is 11.5 Å². The van der Waals surface area contributed by atoms with Gasteiger partial charge in [0.05, 0.1) is 29.7 Å². The number of non-ortho nitro benzene ring substituents is 1. The highest BCUT2D eigenvalue weighted by Gasteiger charge is 2.26. The number of hydrogen-bond donors (Lipinski definition) is 0. The maximum Gasteiger partial charge on any atom is 0.270 e. The number of ether oxygens (including phenoxy) is 2. The van der Waals surface area contributed by atoms with Gasteiger partial charge in [0.15, 0.2) is 5.13 Å². The fraction of sp³-hybridized carbons (Fsp3) is 0.300. The van der Waals surface area contributed by atoms with E-state index < -0.39 is 10.8 Å². The van der Waals surface area contributed by atoms with Gasteiger partial charge in [-0.25, -0.2) is 4.98 Å². The smallest absolute Gasteiger partial charge is 0.270 e. The van der Waals surface area contributed by atoms with Gasteiger partial charge >= 0.3 is 0 Å². The summed E-state index contributed by atoms with van der Waals surface area (Å²) in [5.74, 6) is 0.673. The SMILES string of the molecule is COc1ccc(OC)c2sc(N(CCN(C)C)C(=O)c3cc([N+](=O)[O-])ccc3Cl)nc12. The second kappa shape index (κ2) is 9.46. The van der Waals surface area contributed by atoms with Gasteiger partial charge < -0.3 is 14.4 Å². The van der Waals surface area contributed by atoms with E-state index in [9.17, 15) is 14.9 Å². The summed E-state index contributed by atoms with van der Waals surface area (Å²) in [6.45, 7) is 0.845. The summed E-state index contributed by atoms with van der Waals surface area (Å²) in [4.78, 5) is 32.1. The van der Waals surface area contributed by atoms with Crippen molar-refractivity contribution in [3.05, 3.63) is 51.0 Å². The van der Waals surface area contributed by atoms with Crippen LogP contribution in [0, 0.1) is 10.1 Å². The lowest BCUT2D eigenvalue weighted by Crippen LogP contribution is -2.37. The summed E-state index contributed by atoms with van der Waals surface area (Å²) in [5, 5.41) is 11.7. The highest BCUT2D eigenvalue weighted by Crippen LogP contribution is 2.40. The number of halogens is 1. The number of thiazole rings is 1. The Morgan fingerprint density at radius 1 is 1.16 bits per heavy atom. The molecule has 31 heavy (non-hydrogen) atoms. The number of benzene rings is 2. The molecule has 0 unspecified atom stereocenters. The largest absolute Gasteiger partial charge is 0.495 e. The number of nitro groups is 1. The summed E-state index contributed by atoms with van der Waals surface area (Å²) < 4.78 is 11.6. The number of methoxy groups -OCH3 is 2. The van der Waals surface area contributed by atoms with Crippen molar-refractivity contribution in [2.45, 2.75) is 0 Å². The van der Waals surface area contributed by atoms with Gasteiger partial charge in [0.2, 0.25) is 0 Å². The Kier molecular flexibility index (Phi) is 6.94. The Bertz CT molecular complexity index is 1090. The summed E-state index contributed by atoms with van der Waals surface area (Å²) >= 11 is 7.50. The van der Waals surface area contributed by atoms with Crippen LogP contribution in [0.4, 0.5) is 10.8 Å². The summed E-state index contributed by atoms with van der Waals surface area (Å²) in [5.41, 5.74) is 0.385. The van der Waals surface area contributed by atoms with E-state index >= 15 is 0 Å². The topological polar surface area (TPSA) is 98.0 Å². The van der Waals surface area contributed by atoms with Gasteiger partial charge in [0.25, 0.3) is 11.6 Å². The van der Waals surface area contributed by atoms with Crippen molar-refractivity contribution < 1.29 is 19.2 Å². The molecule has 164 valence electrons. The minimum absolute atomic E-state index is 0.0350. The van der Waals surface area contributed by atoms with Crippen molar-refractivity contribution >= 4 is 49.9 Å². The number of likely N-dealkylation sites (N-methyl/N-ethyl adjacent to an activating group) is 1. The Hall–Kier alpha value is -2.95. The number of hydrogen-bond acceptors (Lipinski definition) is 8. The molecule has 0 aliphatic rings. The van der Waals surface area contributed by atoms with Crippen LogP contribution in [-0.4, -0.2) is 62.1 Å². The summed E-state index contributed by atoms with van der Waals surface area (Å²) in [7, 11) is 6.86. The molecule has 0 bridgehead atoms. The van der Waals surface area contributed by atoms with Gasteiger partial charge in [0.1, 0.15) is 21.7 Å². The van der Waals surface area contributed by atoms with E-state index in [1.807, 2.05) is 19.0 Å². The molecule has 1 amide bonds. The van der Waals surface area contributed by atoms with E-state index in [1.165, 1.54) is 41.5 Å². The second-order valence-electron chi connectivity index (χ2n) is 6.83. The highest BCUT2D eigenvalue weighted by molar-refractivity contribution is 7.22. The third kappa shape index (κ3) is 4.71. The van der Waals surface area contributed by atoms with Crippen LogP contribution in [0.2, 0.25) is 5.02 Å². The molecule has 0 aliphatic heterocycles. The van der Waals surface area contributed by atoms with E-state index in [2.05, 4.69) is 4.98 Å². The van der Waals surface area contributed by atoms with Crippen LogP contribution in [0.3, 0.4) is 0 Å². The predicted molar refractivity (Wildman–Crippen MR) is 121 cm³/mol. The number of amides is 1. The van der Waals surface area contributed by atoms with Crippen molar-refractivity contribution in [1.29, 1.82) is 0 Å². The van der Waals surface area contributed by atoms with Crippen LogP contribution in [0.1, 0.15) is 10.4 Å². The number of carbonyl (C=O) groups is 1. The van der Waals surface area contributed by atoms with Crippen LogP contribution in [0.5, 0.6) is 11.5 Å². The lowest BCUT2D eigenvalue weighted by Gasteiger charge is -2.22. The fourth-order valence-electron chi connectivity index (χ4n) is 2.91. The maximum absolute atomic E-state index is 13.4. The Balaban J connectivity index is 2.13. The lowest BCUT2D eigenvalue weighted by atomic mass is 10.1. The molecular weight excluding hydrogens is 444 g/mol. The minimum Gasteiger partial charge on any atom is -0.495 e. The Morgan fingerprint density at radius 2 is 1.84 bits per heavy atom. The fourth-order valence-corrected chi connectivity index (χ4v) is 4.21. The Morgan fingerprint density at radius 3 is 2.45 bits per heavy atom. The number of nitrogens with zero attached hydrogens (tertiary/aromatic N) is 4. The molecule has 3 aromatic rings. The molecule has 0 aliphatic carbocycles. The first-order chi connectivity index (χ1) is 14.8. The van der Waals surface area contributed by atoms with Crippen molar-refractivity contribution in [2.24, 2.45) is 0 Å². The molecule has 0 fully saturated rings. The van der Waals surface area contributed by atoms with E-state index in [1.54, 1.807) is 19.2 Å². The molecule has 9 nitrogen and oxygen atoms in total. The van der Waals surface area contributed by atoms with Gasteiger partial charge in [-0.15, -0.1) is 0 Å². The third-order valence-corrected chi connectivity index (χ3v) is 5.96. The van der Waals surface area contributed by atoms with E-state index in [-0.39, 0.29) is 16.3 Å². The number of nitro benzene ring substituents is 1. The molecule has 0 spiro atoms. The van der Waals surface area contributed by atoms with Gasteiger partial charge in [-0.1, -0.05) is 22.9 Å². The zero-order valence-corrected chi connectivity index (χ0v) is 19.0. The quantitative estimate of drug-likeness (QED) is 0.366. The van der Waals surface area contributed by atoms with Crippen LogP contribution < -0.4 is 14.4 Å². The van der Waals surface area contributed by atoms with Crippen LogP contribution in [0.25, 0.3) is 10.2 Å². The van der Waals surface area contributed by atoms with Crippen LogP contribution >= 0.6 is 22.9 Å². The zero-order valence-electron chi connectivity index (χ0n) is 17.4. The Labute approximate surface area is 187 Å². The van der Waals surface area contributed by atoms with Gasteiger partial charge in [-0.3, -0.25) is 19.8 Å². The van der Waals surface area contributed by atoms with Crippen LogP contribution in [0.15, 0.2) is 30.3 Å². The first-order valence-corrected chi connectivity index (χ1v) is 10.4. The molecule has 0 saturated carbocycles. The van der Waals surface area contributed by atoms with Crippen molar-refractivity contribution in [2.75, 3.05) is 46.3 Å². The van der Waals surface area contributed by atoms with Crippen molar-refractivity contribution in [1.82, 2.24) is 9.88 Å². The average Bonchev–Trinajstić information content (AvgIpc) is 3.18. The number of anilines is 1. The third-order valence-electron chi connectivity index (χ3n) is 4.54. The van der Waals surface area contributed by atoms with E-state index in [4.69, 9.17) is 21.1 Å². The molecule has 11 heteroatoms. The maximum atomic E-state index is 13.4. The number of aromatic nitrogens is 1. The van der Waals surface area contributed by atoms with Gasteiger partial charge in [0, 0.05) is 25.2 Å². The number of carbonyl (C=O) groups excluding carboxylic acids is 1. The first-order valence-electron chi connectivity index (χ1n) is 9.18. The minimum atomic E-state index is -0.565. The molecule has 1 heterocycles. The molecule has 0 radical (unpaired) electrons. The van der Waals surface area contributed by atoms with Crippen molar-refractivity contribution in [3.63, 3.8) is 0 Å². The zero-order chi connectivity index (χ0) is 22.7. The highest BCUT2D eigenvalue weighted by atomic mass is 35.5. The van der Waals surface area contributed by atoms with Crippen LogP contribution in [-0.2, 0) is 0 Å². The molecule has 2 aromatic carbocycles. The monoisotopic (exact) mass is 464 g/mol. The summed E-state index contributed by atoms with van der Waals surface area (Å²) in [6, 6.07) is 7.31. The van der Waals surface area contributed by atoms with E-state index in [0.29, 0.717) is 35.2 Å². The first kappa shape index (κ1) is 22.7. The molecule has 0 saturated heterocycles. The standard InChI is InChI=1S/C20H21ClN4O5S/c1-23(2)9-10-24(19(26)13-11-12(25(27)28)5-6-14(13)21)20-22-17-15(29-3)7-8-16(30-4)18(17)31-20/h5-8,11H,9-10H2,1-4H3. The molecular formula is C20H21ClN4O5S. The number of rotatable bonds is 8. The van der Waals surface area contributed by atoms with E-state index in [0.717, 1.165) is 4.70 Å². The molecule has 0 N–H and O–H groups in total. The summed E-state index contributed by atoms with van der Waals surface area (Å²) in [6.07, 6.45) is 0. The molecule has 3 rings (SSSR count). The average molecular weight is 465 g/mol. The lowest BCUT2D eigenvalue weighted by molar-refractivity contribution is -0.384. The second-order valence-corrected chi connectivity index (χ2v) is 8.21. The molecule has 1 aromatic heterocycles. The predicted octanol–water partition coefficient (Wildman–Crippen LogP) is 4.08. The normalized spacial score (nSPS) is 11.0. The van der Waals surface area contributed by atoms with Gasteiger partial charge in [-0.2, -0.15) is 0 Å². The van der Waals surface area contributed by atoms with Gasteiger partial charge in [-0.05, 0) is 32.3 Å². The molecule has 0 atom stereocenters. The number of fused-ring (bicyclic) bond motifs is 1.